The Morgan fingerprint density at radius 2 is 0.905 bits per heavy atom. The van der Waals surface area contributed by atoms with Gasteiger partial charge in [0.2, 0.25) is 0 Å². The molecular formula is C19H28N2. The first-order valence-electron chi connectivity index (χ1n) is 7.84. The number of benzene rings is 2. The van der Waals surface area contributed by atoms with Crippen LogP contribution in [0.1, 0.15) is 36.8 Å². The molecule has 0 fully saturated rings. The molecule has 0 unspecified atom stereocenters. The molecule has 0 atom stereocenters. The maximum Gasteiger partial charge on any atom is -0.00258 e. The molecule has 2 aromatic carbocycles. The smallest absolute Gasteiger partial charge is 0.00258 e. The lowest BCUT2D eigenvalue weighted by Crippen LogP contribution is -2.00. The zero-order chi connectivity index (χ0) is 15.2. The van der Waals surface area contributed by atoms with E-state index in [4.69, 9.17) is 11.5 Å². The van der Waals surface area contributed by atoms with Gasteiger partial charge in [0, 0.05) is 0 Å². The van der Waals surface area contributed by atoms with Crippen molar-refractivity contribution < 1.29 is 0 Å². The normalized spacial score (nSPS) is 9.81. The summed E-state index contributed by atoms with van der Waals surface area (Å²) in [6, 6.07) is 21.1. The molecule has 2 rings (SSSR count). The number of unbranched alkanes of at least 4 members (excludes halogenated alkanes) is 3. The summed E-state index contributed by atoms with van der Waals surface area (Å²) in [6.45, 7) is 1.65. The second kappa shape index (κ2) is 12.1. The first-order chi connectivity index (χ1) is 10.4. The molecule has 0 amide bonds. The van der Waals surface area contributed by atoms with Crippen molar-refractivity contribution in [3.8, 4) is 0 Å². The third kappa shape index (κ3) is 9.01. The summed E-state index contributed by atoms with van der Waals surface area (Å²) in [4.78, 5) is 0. The molecule has 4 N–H and O–H groups in total. The Morgan fingerprint density at radius 3 is 1.24 bits per heavy atom. The topological polar surface area (TPSA) is 52.0 Å². The molecule has 0 saturated carbocycles. The molecule has 0 saturated heterocycles. The van der Waals surface area contributed by atoms with Crippen molar-refractivity contribution in [1.82, 2.24) is 0 Å². The molecule has 0 bridgehead atoms. The van der Waals surface area contributed by atoms with Crippen molar-refractivity contribution in [2.45, 2.75) is 32.1 Å². The zero-order valence-electron chi connectivity index (χ0n) is 12.9. The van der Waals surface area contributed by atoms with E-state index >= 15 is 0 Å². The minimum absolute atomic E-state index is 0.824. The highest BCUT2D eigenvalue weighted by Crippen LogP contribution is 2.07. The lowest BCUT2D eigenvalue weighted by molar-refractivity contribution is 0.653. The summed E-state index contributed by atoms with van der Waals surface area (Å²) in [5.74, 6) is 0. The third-order valence-electron chi connectivity index (χ3n) is 3.25. The molecule has 0 heterocycles. The number of rotatable bonds is 7. The van der Waals surface area contributed by atoms with Crippen LogP contribution >= 0.6 is 0 Å². The van der Waals surface area contributed by atoms with Gasteiger partial charge in [-0.2, -0.15) is 0 Å². The second-order valence-corrected chi connectivity index (χ2v) is 5.14. The minimum atomic E-state index is 0.824. The van der Waals surface area contributed by atoms with Gasteiger partial charge >= 0.3 is 0 Å². The van der Waals surface area contributed by atoms with Crippen LogP contribution in [0.15, 0.2) is 60.7 Å². The first kappa shape index (κ1) is 17.4. The van der Waals surface area contributed by atoms with Crippen molar-refractivity contribution in [1.29, 1.82) is 0 Å². The first-order valence-corrected chi connectivity index (χ1v) is 7.84. The average molecular weight is 284 g/mol. The Kier molecular flexibility index (Phi) is 10.1. The van der Waals surface area contributed by atoms with E-state index in [2.05, 4.69) is 60.7 Å². The van der Waals surface area contributed by atoms with Gasteiger partial charge in [-0.25, -0.2) is 0 Å². The van der Waals surface area contributed by atoms with E-state index in [1.807, 2.05) is 0 Å². The van der Waals surface area contributed by atoms with Crippen LogP contribution in [0.5, 0.6) is 0 Å². The standard InChI is InChI=1S/C13H12.C6H16N2/c1-3-7-12(8-4-1)11-13-9-5-2-6-10-13;7-5-3-1-2-4-6-8/h1-10H,11H2;1-8H2. The highest BCUT2D eigenvalue weighted by atomic mass is 14.5. The molecule has 2 heteroatoms. The van der Waals surface area contributed by atoms with E-state index < -0.39 is 0 Å². The second-order valence-electron chi connectivity index (χ2n) is 5.14. The fraction of sp³-hybridized carbons (Fsp3) is 0.368. The van der Waals surface area contributed by atoms with Gasteiger partial charge in [-0.15, -0.1) is 0 Å². The van der Waals surface area contributed by atoms with Crippen LogP contribution < -0.4 is 11.5 Å². The van der Waals surface area contributed by atoms with Gasteiger partial charge < -0.3 is 11.5 Å². The molecule has 0 radical (unpaired) electrons. The molecule has 0 spiro atoms. The van der Waals surface area contributed by atoms with Gasteiger partial charge in [0.15, 0.2) is 0 Å². The number of nitrogens with two attached hydrogens (primary N) is 2. The number of hydrogen-bond acceptors (Lipinski definition) is 2. The highest BCUT2D eigenvalue weighted by Gasteiger charge is 1.92. The quantitative estimate of drug-likeness (QED) is 0.761. The molecule has 21 heavy (non-hydrogen) atoms. The Hall–Kier alpha value is -1.64. The van der Waals surface area contributed by atoms with E-state index in [1.54, 1.807) is 0 Å². The average Bonchev–Trinajstić information content (AvgIpc) is 2.54. The predicted octanol–water partition coefficient (Wildman–Crippen LogP) is 3.74. The minimum Gasteiger partial charge on any atom is -0.330 e. The Labute approximate surface area is 129 Å². The Bertz CT molecular complexity index is 396. The molecule has 114 valence electrons. The van der Waals surface area contributed by atoms with Crippen LogP contribution in [0.3, 0.4) is 0 Å². The molecule has 2 aromatic rings. The van der Waals surface area contributed by atoms with Crippen LogP contribution in [-0.4, -0.2) is 13.1 Å². The van der Waals surface area contributed by atoms with Crippen LogP contribution in [0, 0.1) is 0 Å². The molecule has 0 aromatic heterocycles. The predicted molar refractivity (Wildman–Crippen MR) is 92.3 cm³/mol. The van der Waals surface area contributed by atoms with Gasteiger partial charge in [-0.3, -0.25) is 0 Å². The van der Waals surface area contributed by atoms with Crippen molar-refractivity contribution >= 4 is 0 Å². The van der Waals surface area contributed by atoms with E-state index in [9.17, 15) is 0 Å². The zero-order valence-corrected chi connectivity index (χ0v) is 12.9. The van der Waals surface area contributed by atoms with E-state index in [0.29, 0.717) is 0 Å². The fourth-order valence-corrected chi connectivity index (χ4v) is 2.07. The van der Waals surface area contributed by atoms with Gasteiger partial charge in [-0.05, 0) is 43.5 Å². The maximum atomic E-state index is 5.28. The molecule has 0 aliphatic rings. The molecule has 2 nitrogen and oxygen atoms in total. The van der Waals surface area contributed by atoms with Crippen molar-refractivity contribution in [2.75, 3.05) is 13.1 Å². The van der Waals surface area contributed by atoms with Gasteiger partial charge in [-0.1, -0.05) is 73.5 Å². The summed E-state index contributed by atoms with van der Waals surface area (Å²) in [6.07, 6.45) is 5.82. The fourth-order valence-electron chi connectivity index (χ4n) is 2.07. The maximum absolute atomic E-state index is 5.28. The SMILES string of the molecule is NCCCCCCN.c1ccc(Cc2ccccc2)cc1. The summed E-state index contributed by atoms with van der Waals surface area (Å²) in [5, 5.41) is 0. The van der Waals surface area contributed by atoms with Gasteiger partial charge in [0.25, 0.3) is 0 Å². The van der Waals surface area contributed by atoms with Gasteiger partial charge in [0.05, 0.1) is 0 Å². The van der Waals surface area contributed by atoms with Crippen molar-refractivity contribution in [3.63, 3.8) is 0 Å². The monoisotopic (exact) mass is 284 g/mol. The van der Waals surface area contributed by atoms with Gasteiger partial charge in [0.1, 0.15) is 0 Å². The van der Waals surface area contributed by atoms with Crippen LogP contribution in [0.25, 0.3) is 0 Å². The molecule has 0 aliphatic carbocycles. The summed E-state index contributed by atoms with van der Waals surface area (Å²) < 4.78 is 0. The molecular weight excluding hydrogens is 256 g/mol. The summed E-state index contributed by atoms with van der Waals surface area (Å²) in [7, 11) is 0. The largest absolute Gasteiger partial charge is 0.330 e. The van der Waals surface area contributed by atoms with Crippen LogP contribution in [0.2, 0.25) is 0 Å². The molecule has 0 aliphatic heterocycles. The Balaban J connectivity index is 0.000000240. The lowest BCUT2D eigenvalue weighted by Gasteiger charge is -2.00. The van der Waals surface area contributed by atoms with Crippen LogP contribution in [0.4, 0.5) is 0 Å². The van der Waals surface area contributed by atoms with E-state index in [0.717, 1.165) is 32.4 Å². The van der Waals surface area contributed by atoms with E-state index in [-0.39, 0.29) is 0 Å². The highest BCUT2D eigenvalue weighted by molar-refractivity contribution is 5.25. The number of hydrogen-bond donors (Lipinski definition) is 2. The van der Waals surface area contributed by atoms with E-state index in [1.165, 1.54) is 24.0 Å². The lowest BCUT2D eigenvalue weighted by atomic mass is 10.1. The summed E-state index contributed by atoms with van der Waals surface area (Å²) in [5.41, 5.74) is 13.3. The van der Waals surface area contributed by atoms with Crippen molar-refractivity contribution in [3.05, 3.63) is 71.8 Å². The van der Waals surface area contributed by atoms with Crippen LogP contribution in [-0.2, 0) is 6.42 Å². The summed E-state index contributed by atoms with van der Waals surface area (Å²) >= 11 is 0. The third-order valence-corrected chi connectivity index (χ3v) is 3.25. The van der Waals surface area contributed by atoms with Crippen molar-refractivity contribution in [2.24, 2.45) is 11.5 Å². The Morgan fingerprint density at radius 1 is 0.524 bits per heavy atom.